The fourth-order valence-electron chi connectivity index (χ4n) is 1.79. The van der Waals surface area contributed by atoms with E-state index in [1.54, 1.807) is 30.9 Å². The summed E-state index contributed by atoms with van der Waals surface area (Å²) >= 11 is 0. The number of fused-ring (bicyclic) bond motifs is 1. The van der Waals surface area contributed by atoms with Crippen molar-refractivity contribution in [2.75, 3.05) is 7.11 Å². The predicted molar refractivity (Wildman–Crippen MR) is 53.8 cm³/mol. The summed E-state index contributed by atoms with van der Waals surface area (Å²) in [6.45, 7) is 1.61. The van der Waals surface area contributed by atoms with Gasteiger partial charge in [0.25, 0.3) is 0 Å². The summed E-state index contributed by atoms with van der Waals surface area (Å²) in [4.78, 5) is 23.7. The first-order chi connectivity index (χ1) is 7.06. The second-order valence-corrected chi connectivity index (χ2v) is 3.57. The van der Waals surface area contributed by atoms with E-state index in [9.17, 15) is 9.59 Å². The smallest absolute Gasteiger partial charge is 0.230 e. The Morgan fingerprint density at radius 1 is 1.13 bits per heavy atom. The Morgan fingerprint density at radius 2 is 1.67 bits per heavy atom. The van der Waals surface area contributed by atoms with E-state index in [0.29, 0.717) is 16.7 Å². The Balaban J connectivity index is 2.67. The minimum atomic E-state index is -0.217. The molecule has 0 radical (unpaired) electrons. The molecule has 1 aromatic heterocycles. The number of hydrogen-bond donors (Lipinski definition) is 0. The third-order valence-electron chi connectivity index (χ3n) is 2.54. The highest BCUT2D eigenvalue weighted by Crippen LogP contribution is 2.26. The van der Waals surface area contributed by atoms with Gasteiger partial charge in [-0.2, -0.15) is 0 Å². The van der Waals surface area contributed by atoms with Crippen LogP contribution < -0.4 is 0 Å². The van der Waals surface area contributed by atoms with Gasteiger partial charge in [0.05, 0.1) is 18.2 Å². The Labute approximate surface area is 87.1 Å². The molecule has 0 saturated carbocycles. The molecule has 0 bridgehead atoms. The van der Waals surface area contributed by atoms with Crippen molar-refractivity contribution < 1.29 is 14.3 Å². The first-order valence-electron chi connectivity index (χ1n) is 4.56. The number of aryl methyl sites for hydroxylation is 1. The number of nitrogens with zero attached hydrogens (tertiary/aromatic N) is 1. The number of ether oxygens (including phenoxy) is 1. The van der Waals surface area contributed by atoms with Crippen molar-refractivity contribution in [3.8, 4) is 0 Å². The molecule has 0 spiro atoms. The third-order valence-corrected chi connectivity index (χ3v) is 2.54. The van der Waals surface area contributed by atoms with Gasteiger partial charge in [0.2, 0.25) is 5.78 Å². The molecule has 0 atom stereocenters. The molecule has 0 N–H and O–H groups in total. The van der Waals surface area contributed by atoms with Gasteiger partial charge in [0, 0.05) is 25.0 Å². The molecule has 2 rings (SSSR count). The molecule has 78 valence electrons. The van der Waals surface area contributed by atoms with Crippen LogP contribution in [0.4, 0.5) is 0 Å². The quantitative estimate of drug-likeness (QED) is 0.694. The van der Waals surface area contributed by atoms with Crippen LogP contribution >= 0.6 is 0 Å². The van der Waals surface area contributed by atoms with Gasteiger partial charge in [0.1, 0.15) is 0 Å². The third kappa shape index (κ3) is 1.21. The summed E-state index contributed by atoms with van der Waals surface area (Å²) in [6.07, 6.45) is 3.30. The van der Waals surface area contributed by atoms with Crippen LogP contribution in [0.15, 0.2) is 23.7 Å². The van der Waals surface area contributed by atoms with E-state index < -0.39 is 0 Å². The second kappa shape index (κ2) is 3.08. The molecule has 0 fully saturated rings. The number of rotatable bonds is 1. The van der Waals surface area contributed by atoms with Gasteiger partial charge >= 0.3 is 0 Å². The number of allylic oxidation sites excluding steroid dienone is 2. The number of carbonyl (C=O) groups excluding carboxylic acids is 2. The maximum atomic E-state index is 11.9. The van der Waals surface area contributed by atoms with Crippen LogP contribution in [0.5, 0.6) is 0 Å². The molecule has 0 aliphatic heterocycles. The van der Waals surface area contributed by atoms with Crippen LogP contribution in [-0.2, 0) is 11.8 Å². The van der Waals surface area contributed by atoms with E-state index >= 15 is 0 Å². The van der Waals surface area contributed by atoms with Gasteiger partial charge in [-0.05, 0) is 6.92 Å². The van der Waals surface area contributed by atoms with E-state index in [0.717, 1.165) is 0 Å². The minimum absolute atomic E-state index is 0.137. The Hall–Kier alpha value is -1.84. The molecule has 1 aromatic rings. The van der Waals surface area contributed by atoms with Gasteiger partial charge in [-0.25, -0.2) is 0 Å². The summed E-state index contributed by atoms with van der Waals surface area (Å²) < 4.78 is 6.65. The zero-order valence-corrected chi connectivity index (χ0v) is 8.83. The van der Waals surface area contributed by atoms with Crippen molar-refractivity contribution in [2.45, 2.75) is 6.92 Å². The Morgan fingerprint density at radius 3 is 2.20 bits per heavy atom. The Bertz CT molecular complexity index is 494. The number of aromatic nitrogens is 1. The van der Waals surface area contributed by atoms with E-state index in [4.69, 9.17) is 4.74 Å². The maximum absolute atomic E-state index is 11.9. The summed E-state index contributed by atoms with van der Waals surface area (Å²) in [5.74, 6) is -0.203. The lowest BCUT2D eigenvalue weighted by Gasteiger charge is -2.14. The lowest BCUT2D eigenvalue weighted by molar-refractivity contribution is 0.0907. The molecular formula is C11H11NO3. The van der Waals surface area contributed by atoms with Crippen LogP contribution in [0.1, 0.15) is 27.6 Å². The van der Waals surface area contributed by atoms with Crippen molar-refractivity contribution in [1.29, 1.82) is 0 Å². The normalized spacial score (nSPS) is 15.7. The minimum Gasteiger partial charge on any atom is -0.492 e. The zero-order chi connectivity index (χ0) is 11.2. The van der Waals surface area contributed by atoms with Gasteiger partial charge in [-0.3, -0.25) is 9.59 Å². The van der Waals surface area contributed by atoms with Crippen molar-refractivity contribution in [1.82, 2.24) is 4.57 Å². The first-order valence-corrected chi connectivity index (χ1v) is 4.56. The van der Waals surface area contributed by atoms with E-state index in [2.05, 4.69) is 0 Å². The largest absolute Gasteiger partial charge is 0.492 e. The summed E-state index contributed by atoms with van der Waals surface area (Å²) in [7, 11) is 3.18. The summed E-state index contributed by atoms with van der Waals surface area (Å²) in [5, 5.41) is 0. The van der Waals surface area contributed by atoms with Crippen molar-refractivity contribution >= 4 is 11.6 Å². The van der Waals surface area contributed by atoms with Crippen molar-refractivity contribution in [3.05, 3.63) is 34.9 Å². The highest BCUT2D eigenvalue weighted by molar-refractivity contribution is 6.25. The fourth-order valence-corrected chi connectivity index (χ4v) is 1.79. The molecule has 1 aliphatic carbocycles. The average molecular weight is 205 g/mol. The molecule has 0 aromatic carbocycles. The monoisotopic (exact) mass is 205 g/mol. The number of methoxy groups -OCH3 is 1. The Kier molecular flexibility index (Phi) is 2.00. The zero-order valence-electron chi connectivity index (χ0n) is 8.83. The van der Waals surface area contributed by atoms with Gasteiger partial charge in [0.15, 0.2) is 11.5 Å². The molecule has 4 nitrogen and oxygen atoms in total. The first kappa shape index (κ1) is 9.71. The number of Topliss-reactive ketones (excluding diaryl/α,β-unsaturated/α-hetero) is 2. The summed E-state index contributed by atoms with van der Waals surface area (Å²) in [6, 6.07) is 0. The second-order valence-electron chi connectivity index (χ2n) is 3.57. The summed E-state index contributed by atoms with van der Waals surface area (Å²) in [5.41, 5.74) is 1.26. The molecule has 0 amide bonds. The average Bonchev–Trinajstić information content (AvgIpc) is 2.58. The fraction of sp³-hybridized carbons (Fsp3) is 0.273. The maximum Gasteiger partial charge on any atom is 0.230 e. The van der Waals surface area contributed by atoms with E-state index in [1.165, 1.54) is 7.11 Å². The number of hydrogen-bond acceptors (Lipinski definition) is 3. The lowest BCUT2D eigenvalue weighted by atomic mass is 9.92. The molecule has 1 heterocycles. The molecule has 15 heavy (non-hydrogen) atoms. The molecule has 1 aliphatic rings. The van der Waals surface area contributed by atoms with Crippen LogP contribution in [0, 0.1) is 0 Å². The van der Waals surface area contributed by atoms with Gasteiger partial charge in [-0.1, -0.05) is 0 Å². The van der Waals surface area contributed by atoms with Crippen molar-refractivity contribution in [3.63, 3.8) is 0 Å². The highest BCUT2D eigenvalue weighted by Gasteiger charge is 2.31. The number of carbonyl (C=O) groups is 2. The van der Waals surface area contributed by atoms with E-state index in [1.807, 2.05) is 0 Å². The van der Waals surface area contributed by atoms with Gasteiger partial charge < -0.3 is 9.30 Å². The van der Waals surface area contributed by atoms with Crippen molar-refractivity contribution in [2.24, 2.45) is 7.05 Å². The highest BCUT2D eigenvalue weighted by atomic mass is 16.5. The van der Waals surface area contributed by atoms with Crippen LogP contribution in [0.25, 0.3) is 0 Å². The molecular weight excluding hydrogens is 194 g/mol. The van der Waals surface area contributed by atoms with E-state index in [-0.39, 0.29) is 17.3 Å². The predicted octanol–water partition coefficient (Wildman–Crippen LogP) is 1.32. The van der Waals surface area contributed by atoms with Crippen LogP contribution in [0.2, 0.25) is 0 Å². The van der Waals surface area contributed by atoms with Gasteiger partial charge in [-0.15, -0.1) is 0 Å². The molecule has 0 saturated heterocycles. The van der Waals surface area contributed by atoms with Crippen LogP contribution in [-0.4, -0.2) is 23.2 Å². The SMILES string of the molecule is COC1=C(C)C(=O)c2cn(C)cc2C1=O. The van der Waals surface area contributed by atoms with Crippen LogP contribution in [0.3, 0.4) is 0 Å². The molecule has 0 unspecified atom stereocenters. The number of ketones is 2. The standard InChI is InChI=1S/C11H11NO3/c1-6-9(13)7-4-12(2)5-8(7)10(14)11(6)15-3/h4-5H,1-3H3. The molecule has 4 heteroatoms. The lowest BCUT2D eigenvalue weighted by Crippen LogP contribution is -2.20. The topological polar surface area (TPSA) is 48.3 Å².